The van der Waals surface area contributed by atoms with Crippen LogP contribution in [0.1, 0.15) is 45.9 Å². The van der Waals surface area contributed by atoms with Crippen LogP contribution in [0, 0.1) is 6.92 Å². The maximum Gasteiger partial charge on any atom is 0.291 e. The number of carbonyl (C=O) groups is 3. The molecule has 0 aliphatic carbocycles. The number of sulfonamides is 1. The monoisotopic (exact) mass is 448 g/mol. The molecular weight excluding hydrogens is 424 g/mol. The number of benzene rings is 1. The van der Waals surface area contributed by atoms with Gasteiger partial charge in [0.1, 0.15) is 10.7 Å². The standard InChI is InChI=1S/C20H24N4O6S/c1-13-17(31(28,29)24-10-4-5-11-24)12-16(30-13)20(27)23-15-7-3-2-6-14(15)19(26)22-9-8-18(21)25/h2-3,6-7,12H,4-5,8-11H2,1H3,(H2,21,25)(H,22,26)(H,23,27). The molecule has 11 heteroatoms. The summed E-state index contributed by atoms with van der Waals surface area (Å²) >= 11 is 0. The molecule has 31 heavy (non-hydrogen) atoms. The summed E-state index contributed by atoms with van der Waals surface area (Å²) in [4.78, 5) is 35.9. The Labute approximate surface area is 179 Å². The first kappa shape index (κ1) is 22.5. The zero-order valence-electron chi connectivity index (χ0n) is 17.0. The molecule has 0 radical (unpaired) electrons. The Morgan fingerprint density at radius 3 is 2.48 bits per heavy atom. The summed E-state index contributed by atoms with van der Waals surface area (Å²) < 4.78 is 32.4. The third kappa shape index (κ3) is 5.12. The molecule has 1 aromatic heterocycles. The van der Waals surface area contributed by atoms with Gasteiger partial charge in [0.05, 0.1) is 11.3 Å². The number of carbonyl (C=O) groups excluding carboxylic acids is 3. The minimum atomic E-state index is -3.74. The van der Waals surface area contributed by atoms with E-state index in [0.717, 1.165) is 12.8 Å². The zero-order valence-corrected chi connectivity index (χ0v) is 17.8. The Morgan fingerprint density at radius 2 is 1.81 bits per heavy atom. The van der Waals surface area contributed by atoms with Gasteiger partial charge in [0.2, 0.25) is 15.9 Å². The van der Waals surface area contributed by atoms with E-state index >= 15 is 0 Å². The number of hydrogen-bond donors (Lipinski definition) is 3. The summed E-state index contributed by atoms with van der Waals surface area (Å²) in [7, 11) is -3.74. The van der Waals surface area contributed by atoms with Crippen molar-refractivity contribution >= 4 is 33.4 Å². The highest BCUT2D eigenvalue weighted by Gasteiger charge is 2.32. The third-order valence-corrected chi connectivity index (χ3v) is 6.86. The predicted molar refractivity (Wildman–Crippen MR) is 112 cm³/mol. The van der Waals surface area contributed by atoms with Crippen LogP contribution in [0.2, 0.25) is 0 Å². The van der Waals surface area contributed by atoms with Gasteiger partial charge in [-0.15, -0.1) is 0 Å². The first-order valence-electron chi connectivity index (χ1n) is 9.77. The van der Waals surface area contributed by atoms with Crippen molar-refractivity contribution in [3.8, 4) is 0 Å². The van der Waals surface area contributed by atoms with Gasteiger partial charge in [-0.2, -0.15) is 4.31 Å². The summed E-state index contributed by atoms with van der Waals surface area (Å²) in [6, 6.07) is 7.49. The number of aryl methyl sites for hydroxylation is 1. The van der Waals surface area contributed by atoms with Crippen LogP contribution in [0.15, 0.2) is 39.6 Å². The first-order valence-corrected chi connectivity index (χ1v) is 11.2. The van der Waals surface area contributed by atoms with Gasteiger partial charge in [-0.3, -0.25) is 14.4 Å². The van der Waals surface area contributed by atoms with Gasteiger partial charge in [-0.25, -0.2) is 8.42 Å². The summed E-state index contributed by atoms with van der Waals surface area (Å²) in [5, 5.41) is 5.12. The summed E-state index contributed by atoms with van der Waals surface area (Å²) in [6.45, 7) is 2.42. The lowest BCUT2D eigenvalue weighted by molar-refractivity contribution is -0.117. The number of anilines is 1. The number of amides is 3. The second kappa shape index (κ2) is 9.31. The Balaban J connectivity index is 1.77. The number of nitrogens with two attached hydrogens (primary N) is 1. The average Bonchev–Trinajstić information content (AvgIpc) is 3.38. The van der Waals surface area contributed by atoms with E-state index in [0.29, 0.717) is 13.1 Å². The van der Waals surface area contributed by atoms with Gasteiger partial charge < -0.3 is 20.8 Å². The van der Waals surface area contributed by atoms with Gasteiger partial charge in [0.25, 0.3) is 11.8 Å². The highest BCUT2D eigenvalue weighted by Crippen LogP contribution is 2.27. The van der Waals surface area contributed by atoms with Gasteiger partial charge >= 0.3 is 0 Å². The van der Waals surface area contributed by atoms with E-state index in [9.17, 15) is 22.8 Å². The van der Waals surface area contributed by atoms with Crippen LogP contribution >= 0.6 is 0 Å². The number of nitrogens with zero attached hydrogens (tertiary/aromatic N) is 1. The molecule has 1 aliphatic rings. The van der Waals surface area contributed by atoms with E-state index < -0.39 is 27.7 Å². The number of rotatable bonds is 8. The summed E-state index contributed by atoms with van der Waals surface area (Å²) in [5.41, 5.74) is 5.44. The number of hydrogen-bond acceptors (Lipinski definition) is 6. The van der Waals surface area contributed by atoms with Crippen molar-refractivity contribution < 1.29 is 27.2 Å². The van der Waals surface area contributed by atoms with Gasteiger partial charge in [-0.05, 0) is 31.9 Å². The second-order valence-electron chi connectivity index (χ2n) is 7.11. The van der Waals surface area contributed by atoms with Gasteiger partial charge in [0, 0.05) is 32.1 Å². The van der Waals surface area contributed by atoms with Crippen molar-refractivity contribution in [2.24, 2.45) is 5.73 Å². The molecule has 2 aromatic rings. The molecule has 166 valence electrons. The fraction of sp³-hybridized carbons (Fsp3) is 0.350. The van der Waals surface area contributed by atoms with Crippen molar-refractivity contribution in [2.45, 2.75) is 31.1 Å². The molecular formula is C20H24N4O6S. The van der Waals surface area contributed by atoms with E-state index in [1.54, 1.807) is 12.1 Å². The van der Waals surface area contributed by atoms with Crippen LogP contribution in [0.4, 0.5) is 5.69 Å². The lowest BCUT2D eigenvalue weighted by atomic mass is 10.1. The quantitative estimate of drug-likeness (QED) is 0.552. The maximum atomic E-state index is 12.8. The number of nitrogens with one attached hydrogen (secondary N) is 2. The molecule has 4 N–H and O–H groups in total. The normalized spacial score (nSPS) is 14.4. The summed E-state index contributed by atoms with van der Waals surface area (Å²) in [5.74, 6) is -1.79. The van der Waals surface area contributed by atoms with E-state index in [2.05, 4.69) is 10.6 Å². The molecule has 0 saturated carbocycles. The van der Waals surface area contributed by atoms with Crippen LogP contribution in [0.3, 0.4) is 0 Å². The SMILES string of the molecule is Cc1oc(C(=O)Nc2ccccc2C(=O)NCCC(N)=O)cc1S(=O)(=O)N1CCCC1. The molecule has 10 nitrogen and oxygen atoms in total. The zero-order chi connectivity index (χ0) is 22.6. The molecule has 1 aromatic carbocycles. The van der Waals surface area contributed by atoms with Crippen molar-refractivity contribution in [3.05, 3.63) is 47.4 Å². The topological polar surface area (TPSA) is 152 Å². The van der Waals surface area contributed by atoms with Crippen molar-refractivity contribution in [3.63, 3.8) is 0 Å². The molecule has 3 amide bonds. The first-order chi connectivity index (χ1) is 14.7. The van der Waals surface area contributed by atoms with Gasteiger partial charge in [0.15, 0.2) is 5.76 Å². The molecule has 0 bridgehead atoms. The molecule has 0 spiro atoms. The largest absolute Gasteiger partial charge is 0.455 e. The smallest absolute Gasteiger partial charge is 0.291 e. The van der Waals surface area contributed by atoms with E-state index in [4.69, 9.17) is 10.2 Å². The second-order valence-corrected chi connectivity index (χ2v) is 9.02. The minimum Gasteiger partial charge on any atom is -0.455 e. The Kier molecular flexibility index (Phi) is 6.76. The van der Waals surface area contributed by atoms with E-state index in [1.807, 2.05) is 0 Å². The van der Waals surface area contributed by atoms with Crippen LogP contribution in [-0.2, 0) is 14.8 Å². The van der Waals surface area contributed by atoms with Crippen molar-refractivity contribution in [1.82, 2.24) is 9.62 Å². The van der Waals surface area contributed by atoms with E-state index in [1.165, 1.54) is 29.4 Å². The van der Waals surface area contributed by atoms with Crippen LogP contribution in [0.5, 0.6) is 0 Å². The van der Waals surface area contributed by atoms with Crippen molar-refractivity contribution in [1.29, 1.82) is 0 Å². The van der Waals surface area contributed by atoms with Crippen LogP contribution in [-0.4, -0.2) is 50.1 Å². The van der Waals surface area contributed by atoms with E-state index in [-0.39, 0.29) is 40.6 Å². The number of primary amides is 1. The lowest BCUT2D eigenvalue weighted by Gasteiger charge is -2.14. The lowest BCUT2D eigenvalue weighted by Crippen LogP contribution is -2.29. The molecule has 3 rings (SSSR count). The highest BCUT2D eigenvalue weighted by molar-refractivity contribution is 7.89. The van der Waals surface area contributed by atoms with Crippen LogP contribution in [0.25, 0.3) is 0 Å². The van der Waals surface area contributed by atoms with Crippen molar-refractivity contribution in [2.75, 3.05) is 25.0 Å². The minimum absolute atomic E-state index is 0.0137. The highest BCUT2D eigenvalue weighted by atomic mass is 32.2. The molecule has 2 heterocycles. The fourth-order valence-electron chi connectivity index (χ4n) is 3.27. The Morgan fingerprint density at radius 1 is 1.13 bits per heavy atom. The Bertz CT molecular complexity index is 1100. The third-order valence-electron chi connectivity index (χ3n) is 4.86. The maximum absolute atomic E-state index is 12.8. The number of furan rings is 1. The van der Waals surface area contributed by atoms with Gasteiger partial charge in [-0.1, -0.05) is 12.1 Å². The number of para-hydroxylation sites is 1. The molecule has 0 unspecified atom stereocenters. The molecule has 0 atom stereocenters. The Hall–Kier alpha value is -3.18. The predicted octanol–water partition coefficient (Wildman–Crippen LogP) is 1.23. The fourth-order valence-corrected chi connectivity index (χ4v) is 4.95. The molecule has 1 fully saturated rings. The van der Waals surface area contributed by atoms with Crippen LogP contribution < -0.4 is 16.4 Å². The molecule has 1 saturated heterocycles. The summed E-state index contributed by atoms with van der Waals surface area (Å²) in [6.07, 6.45) is 1.57. The molecule has 1 aliphatic heterocycles. The average molecular weight is 449 g/mol.